The zero-order chi connectivity index (χ0) is 12.7. The largest absolute Gasteiger partial charge is 0.329 e. The lowest BCUT2D eigenvalue weighted by Gasteiger charge is -1.99. The first-order chi connectivity index (χ1) is 8.66. The smallest absolute Gasteiger partial charge is 0.262 e. The van der Waals surface area contributed by atoms with Gasteiger partial charge in [0, 0.05) is 23.0 Å². The number of hydrogen-bond acceptors (Lipinski definition) is 2. The summed E-state index contributed by atoms with van der Waals surface area (Å²) in [6.07, 6.45) is 1.77. The topological polar surface area (TPSA) is 50.2 Å². The lowest BCUT2D eigenvalue weighted by molar-refractivity contribution is 0.988. The molecule has 0 saturated carbocycles. The van der Waals surface area contributed by atoms with Crippen molar-refractivity contribution in [2.45, 2.75) is 13.8 Å². The molecule has 0 aliphatic heterocycles. The van der Waals surface area contributed by atoms with E-state index in [2.05, 4.69) is 9.97 Å². The van der Waals surface area contributed by atoms with Gasteiger partial charge >= 0.3 is 0 Å². The van der Waals surface area contributed by atoms with E-state index < -0.39 is 0 Å². The second kappa shape index (κ2) is 3.84. The van der Waals surface area contributed by atoms with Crippen LogP contribution in [0.2, 0.25) is 0 Å². The molecular formula is C14H13N3O. The second-order valence-electron chi connectivity index (χ2n) is 4.37. The fourth-order valence-electron chi connectivity index (χ4n) is 1.97. The Morgan fingerprint density at radius 3 is 2.61 bits per heavy atom. The first-order valence-electron chi connectivity index (χ1n) is 5.81. The van der Waals surface area contributed by atoms with Crippen LogP contribution in [0.25, 0.3) is 17.0 Å². The van der Waals surface area contributed by atoms with Crippen LogP contribution in [0.15, 0.2) is 41.3 Å². The van der Waals surface area contributed by atoms with Crippen LogP contribution in [0.5, 0.6) is 0 Å². The Labute approximate surface area is 104 Å². The van der Waals surface area contributed by atoms with Crippen LogP contribution in [-0.4, -0.2) is 14.4 Å². The number of nitrogens with one attached hydrogen (secondary N) is 1. The van der Waals surface area contributed by atoms with E-state index in [9.17, 15) is 4.79 Å². The molecule has 0 spiro atoms. The summed E-state index contributed by atoms with van der Waals surface area (Å²) in [4.78, 5) is 19.7. The van der Waals surface area contributed by atoms with E-state index in [-0.39, 0.29) is 5.56 Å². The Balaban J connectivity index is 2.30. The van der Waals surface area contributed by atoms with Crippen molar-refractivity contribution in [3.8, 4) is 11.3 Å². The van der Waals surface area contributed by atoms with Gasteiger partial charge in [-0.25, -0.2) is 4.98 Å². The number of hydrogen-bond donors (Lipinski definition) is 1. The van der Waals surface area contributed by atoms with Crippen LogP contribution in [0.3, 0.4) is 0 Å². The highest BCUT2D eigenvalue weighted by Crippen LogP contribution is 2.17. The van der Waals surface area contributed by atoms with Gasteiger partial charge in [-0.15, -0.1) is 0 Å². The fraction of sp³-hybridized carbons (Fsp3) is 0.143. The highest BCUT2D eigenvalue weighted by molar-refractivity contribution is 5.61. The van der Waals surface area contributed by atoms with E-state index in [0.717, 1.165) is 22.5 Å². The zero-order valence-electron chi connectivity index (χ0n) is 10.3. The molecule has 1 aromatic carbocycles. The number of aryl methyl sites for hydroxylation is 1. The van der Waals surface area contributed by atoms with E-state index in [1.165, 1.54) is 0 Å². The number of fused-ring (bicyclic) bond motifs is 1. The Bertz CT molecular complexity index is 769. The minimum Gasteiger partial charge on any atom is -0.329 e. The molecule has 0 radical (unpaired) electrons. The summed E-state index contributed by atoms with van der Waals surface area (Å²) in [5, 5.41) is 0. The van der Waals surface area contributed by atoms with Crippen molar-refractivity contribution in [1.29, 1.82) is 0 Å². The lowest BCUT2D eigenvalue weighted by Crippen LogP contribution is -2.17. The van der Waals surface area contributed by atoms with Crippen LogP contribution in [0.1, 0.15) is 11.3 Å². The predicted molar refractivity (Wildman–Crippen MR) is 70.7 cm³/mol. The molecule has 0 atom stereocenters. The van der Waals surface area contributed by atoms with E-state index in [0.29, 0.717) is 5.78 Å². The van der Waals surface area contributed by atoms with Gasteiger partial charge in [0.2, 0.25) is 5.78 Å². The number of imidazole rings is 1. The molecule has 0 fully saturated rings. The summed E-state index contributed by atoms with van der Waals surface area (Å²) in [5.41, 5.74) is 3.37. The van der Waals surface area contributed by atoms with Gasteiger partial charge in [0.1, 0.15) is 0 Å². The maximum atomic E-state index is 12.1. The van der Waals surface area contributed by atoms with Gasteiger partial charge in [0.05, 0.1) is 5.69 Å². The predicted octanol–water partition coefficient (Wildman–Crippen LogP) is 2.31. The number of aromatic nitrogens is 3. The third-order valence-corrected chi connectivity index (χ3v) is 3.18. The van der Waals surface area contributed by atoms with Crippen LogP contribution in [-0.2, 0) is 0 Å². The number of rotatable bonds is 1. The van der Waals surface area contributed by atoms with E-state index >= 15 is 0 Å². The quantitative estimate of drug-likeness (QED) is 0.708. The molecular weight excluding hydrogens is 226 g/mol. The molecule has 2 aromatic heterocycles. The maximum absolute atomic E-state index is 12.1. The Hall–Kier alpha value is -2.36. The van der Waals surface area contributed by atoms with Crippen molar-refractivity contribution >= 4 is 5.78 Å². The number of benzene rings is 1. The summed E-state index contributed by atoms with van der Waals surface area (Å²) in [5.74, 6) is 0.585. The number of nitrogens with zero attached hydrogens (tertiary/aromatic N) is 2. The third kappa shape index (κ3) is 1.54. The third-order valence-electron chi connectivity index (χ3n) is 3.18. The fourth-order valence-corrected chi connectivity index (χ4v) is 1.97. The summed E-state index contributed by atoms with van der Waals surface area (Å²) >= 11 is 0. The van der Waals surface area contributed by atoms with Crippen molar-refractivity contribution in [2.24, 2.45) is 0 Å². The van der Waals surface area contributed by atoms with Crippen molar-refractivity contribution in [3.05, 3.63) is 58.1 Å². The molecule has 0 unspecified atom stereocenters. The van der Waals surface area contributed by atoms with Crippen molar-refractivity contribution in [3.63, 3.8) is 0 Å². The highest BCUT2D eigenvalue weighted by Gasteiger charge is 2.09. The zero-order valence-corrected chi connectivity index (χ0v) is 10.3. The van der Waals surface area contributed by atoms with Gasteiger partial charge in [-0.1, -0.05) is 30.3 Å². The van der Waals surface area contributed by atoms with E-state index in [1.807, 2.05) is 44.2 Å². The van der Waals surface area contributed by atoms with Gasteiger partial charge in [-0.2, -0.15) is 0 Å². The summed E-state index contributed by atoms with van der Waals surface area (Å²) in [7, 11) is 0. The monoisotopic (exact) mass is 239 g/mol. The Kier molecular flexibility index (Phi) is 2.30. The molecule has 4 nitrogen and oxygen atoms in total. The molecule has 3 rings (SSSR count). The molecule has 0 bridgehead atoms. The molecule has 1 N–H and O–H groups in total. The average molecular weight is 239 g/mol. The molecule has 0 amide bonds. The van der Waals surface area contributed by atoms with Gasteiger partial charge in [-0.05, 0) is 13.8 Å². The molecule has 0 aliphatic rings. The van der Waals surface area contributed by atoms with E-state index in [4.69, 9.17) is 0 Å². The molecule has 2 heterocycles. The molecule has 3 aromatic rings. The van der Waals surface area contributed by atoms with Gasteiger partial charge in [0.15, 0.2) is 0 Å². The average Bonchev–Trinajstić information content (AvgIpc) is 2.81. The van der Waals surface area contributed by atoms with Crippen LogP contribution in [0, 0.1) is 13.8 Å². The molecule has 4 heteroatoms. The first kappa shape index (κ1) is 10.8. The highest BCUT2D eigenvalue weighted by atomic mass is 16.1. The maximum Gasteiger partial charge on any atom is 0.262 e. The van der Waals surface area contributed by atoms with Gasteiger partial charge in [-0.3, -0.25) is 9.20 Å². The summed E-state index contributed by atoms with van der Waals surface area (Å²) in [6.45, 7) is 3.70. The SMILES string of the molecule is Cc1[nH]c2nc(-c3ccccc3)cn2c(=O)c1C. The molecule has 0 aliphatic carbocycles. The van der Waals surface area contributed by atoms with Crippen molar-refractivity contribution in [2.75, 3.05) is 0 Å². The minimum atomic E-state index is -0.0177. The summed E-state index contributed by atoms with van der Waals surface area (Å²) in [6, 6.07) is 9.83. The lowest BCUT2D eigenvalue weighted by atomic mass is 10.2. The van der Waals surface area contributed by atoms with E-state index in [1.54, 1.807) is 10.6 Å². The number of H-pyrrole nitrogens is 1. The first-order valence-corrected chi connectivity index (χ1v) is 5.81. The summed E-state index contributed by atoms with van der Waals surface area (Å²) < 4.78 is 1.56. The standard InChI is InChI=1S/C14H13N3O/c1-9-10(2)15-14-16-12(8-17(14)13(9)18)11-6-4-3-5-7-11/h3-8H,1-2H3,(H,15,16). The minimum absolute atomic E-state index is 0.0177. The Morgan fingerprint density at radius 2 is 1.89 bits per heavy atom. The van der Waals surface area contributed by atoms with Crippen molar-refractivity contribution in [1.82, 2.24) is 14.4 Å². The molecule has 18 heavy (non-hydrogen) atoms. The van der Waals surface area contributed by atoms with Gasteiger partial charge in [0.25, 0.3) is 5.56 Å². The second-order valence-corrected chi connectivity index (χ2v) is 4.37. The molecule has 0 saturated heterocycles. The van der Waals surface area contributed by atoms with Crippen LogP contribution < -0.4 is 5.56 Å². The van der Waals surface area contributed by atoms with Crippen LogP contribution in [0.4, 0.5) is 0 Å². The molecule has 90 valence electrons. The normalized spacial score (nSPS) is 11.0. The van der Waals surface area contributed by atoms with Crippen molar-refractivity contribution < 1.29 is 0 Å². The Morgan fingerprint density at radius 1 is 1.17 bits per heavy atom. The van der Waals surface area contributed by atoms with Gasteiger partial charge < -0.3 is 4.98 Å². The number of aromatic amines is 1. The van der Waals surface area contributed by atoms with Crippen LogP contribution >= 0.6 is 0 Å².